The van der Waals surface area contributed by atoms with E-state index < -0.39 is 0 Å². The molecule has 1 aliphatic heterocycles. The molecule has 1 N–H and O–H groups in total. The summed E-state index contributed by atoms with van der Waals surface area (Å²) in [5, 5.41) is 3.08. The maximum Gasteiger partial charge on any atom is 0.234 e. The first kappa shape index (κ1) is 20.4. The standard InChI is InChI=1S/C24H32N2O2/c1-19-5-3-4-6-22(19)11-14-25-24(27)18-26-15-12-21(13-16-26)17-20-7-9-23(28-2)10-8-20/h3-10,21H,11-18H2,1-2H3,(H,25,27). The van der Waals surface area contributed by atoms with Crippen LogP contribution in [-0.2, 0) is 17.6 Å². The summed E-state index contributed by atoms with van der Waals surface area (Å²) in [5.41, 5.74) is 3.96. The molecule has 1 heterocycles. The van der Waals surface area contributed by atoms with E-state index in [1.54, 1.807) is 7.11 Å². The monoisotopic (exact) mass is 380 g/mol. The Morgan fingerprint density at radius 3 is 2.50 bits per heavy atom. The third-order valence-corrected chi connectivity index (χ3v) is 5.74. The lowest BCUT2D eigenvalue weighted by molar-refractivity contribution is -0.122. The number of nitrogens with one attached hydrogen (secondary N) is 1. The molecule has 4 heteroatoms. The number of hydrogen-bond donors (Lipinski definition) is 1. The van der Waals surface area contributed by atoms with E-state index in [2.05, 4.69) is 53.5 Å². The van der Waals surface area contributed by atoms with Crippen LogP contribution >= 0.6 is 0 Å². The molecule has 0 bridgehead atoms. The number of aryl methyl sites for hydroxylation is 1. The van der Waals surface area contributed by atoms with Gasteiger partial charge >= 0.3 is 0 Å². The van der Waals surface area contributed by atoms with Gasteiger partial charge in [0.1, 0.15) is 5.75 Å². The number of nitrogens with zero attached hydrogens (tertiary/aromatic N) is 1. The minimum absolute atomic E-state index is 0.141. The predicted octanol–water partition coefficient (Wildman–Crippen LogP) is 3.62. The summed E-state index contributed by atoms with van der Waals surface area (Å²) in [4.78, 5) is 14.5. The smallest absolute Gasteiger partial charge is 0.234 e. The Hall–Kier alpha value is -2.33. The first-order valence-corrected chi connectivity index (χ1v) is 10.3. The van der Waals surface area contributed by atoms with Gasteiger partial charge in [-0.15, -0.1) is 0 Å². The number of rotatable bonds is 8. The van der Waals surface area contributed by atoms with Crippen LogP contribution < -0.4 is 10.1 Å². The maximum atomic E-state index is 12.3. The van der Waals surface area contributed by atoms with Gasteiger partial charge in [-0.2, -0.15) is 0 Å². The van der Waals surface area contributed by atoms with Crippen molar-refractivity contribution in [3.8, 4) is 5.75 Å². The van der Waals surface area contributed by atoms with Gasteiger partial charge in [-0.25, -0.2) is 0 Å². The number of hydrogen-bond acceptors (Lipinski definition) is 3. The van der Waals surface area contributed by atoms with Crippen molar-refractivity contribution in [1.29, 1.82) is 0 Å². The van der Waals surface area contributed by atoms with E-state index in [1.807, 2.05) is 12.1 Å². The number of carbonyl (C=O) groups is 1. The van der Waals surface area contributed by atoms with Crippen molar-refractivity contribution in [2.45, 2.75) is 32.6 Å². The van der Waals surface area contributed by atoms with Crippen LogP contribution in [0.5, 0.6) is 5.75 Å². The Labute approximate surface area is 168 Å². The lowest BCUT2D eigenvalue weighted by atomic mass is 9.90. The van der Waals surface area contributed by atoms with Gasteiger partial charge in [0.2, 0.25) is 5.91 Å². The summed E-state index contributed by atoms with van der Waals surface area (Å²) >= 11 is 0. The second-order valence-electron chi connectivity index (χ2n) is 7.80. The Morgan fingerprint density at radius 1 is 1.11 bits per heavy atom. The SMILES string of the molecule is COc1ccc(CC2CCN(CC(=O)NCCc3ccccc3C)CC2)cc1. The Bertz CT molecular complexity index is 749. The molecule has 0 aromatic heterocycles. The van der Waals surface area contributed by atoms with Crippen molar-refractivity contribution in [2.75, 3.05) is 33.3 Å². The summed E-state index contributed by atoms with van der Waals surface area (Å²) in [7, 11) is 1.70. The fourth-order valence-corrected chi connectivity index (χ4v) is 3.93. The molecule has 0 spiro atoms. The molecule has 4 nitrogen and oxygen atoms in total. The molecule has 0 unspecified atom stereocenters. The van der Waals surface area contributed by atoms with Gasteiger partial charge in [0.05, 0.1) is 13.7 Å². The van der Waals surface area contributed by atoms with Gasteiger partial charge in [-0.3, -0.25) is 9.69 Å². The lowest BCUT2D eigenvalue weighted by Gasteiger charge is -2.31. The third kappa shape index (κ3) is 6.10. The van der Waals surface area contributed by atoms with E-state index >= 15 is 0 Å². The fraction of sp³-hybridized carbons (Fsp3) is 0.458. The zero-order valence-electron chi connectivity index (χ0n) is 17.1. The first-order chi connectivity index (χ1) is 13.6. The molecule has 2 aromatic rings. The molecule has 2 aromatic carbocycles. The number of ether oxygens (including phenoxy) is 1. The molecule has 0 radical (unpaired) electrons. The van der Waals surface area contributed by atoms with Gasteiger partial charge in [-0.1, -0.05) is 36.4 Å². The number of likely N-dealkylation sites (tertiary alicyclic amines) is 1. The van der Waals surface area contributed by atoms with Gasteiger partial charge < -0.3 is 10.1 Å². The second-order valence-corrected chi connectivity index (χ2v) is 7.80. The van der Waals surface area contributed by atoms with Crippen LogP contribution in [0.2, 0.25) is 0 Å². The molecule has 1 aliphatic rings. The molecule has 28 heavy (non-hydrogen) atoms. The summed E-state index contributed by atoms with van der Waals surface area (Å²) in [6, 6.07) is 16.7. The number of piperidine rings is 1. The van der Waals surface area contributed by atoms with Crippen molar-refractivity contribution < 1.29 is 9.53 Å². The van der Waals surface area contributed by atoms with Crippen LogP contribution in [-0.4, -0.2) is 44.1 Å². The topological polar surface area (TPSA) is 41.6 Å². The van der Waals surface area contributed by atoms with Crippen LogP contribution in [0.15, 0.2) is 48.5 Å². The van der Waals surface area contributed by atoms with Crippen LogP contribution in [0.3, 0.4) is 0 Å². The van der Waals surface area contributed by atoms with Gasteiger partial charge in [-0.05, 0) is 80.4 Å². The van der Waals surface area contributed by atoms with Gasteiger partial charge in [0.15, 0.2) is 0 Å². The largest absolute Gasteiger partial charge is 0.497 e. The van der Waals surface area contributed by atoms with E-state index in [9.17, 15) is 4.79 Å². The highest BCUT2D eigenvalue weighted by Gasteiger charge is 2.21. The summed E-state index contributed by atoms with van der Waals surface area (Å²) in [6.07, 6.45) is 4.31. The van der Waals surface area contributed by atoms with Crippen LogP contribution in [0.4, 0.5) is 0 Å². The van der Waals surface area contributed by atoms with Crippen molar-refractivity contribution in [2.24, 2.45) is 5.92 Å². The van der Waals surface area contributed by atoms with Crippen molar-refractivity contribution in [1.82, 2.24) is 10.2 Å². The predicted molar refractivity (Wildman–Crippen MR) is 114 cm³/mol. The normalized spacial score (nSPS) is 15.4. The fourth-order valence-electron chi connectivity index (χ4n) is 3.93. The molecule has 150 valence electrons. The molecule has 3 rings (SSSR count). The second kappa shape index (κ2) is 10.3. The summed E-state index contributed by atoms with van der Waals surface area (Å²) in [5.74, 6) is 1.75. The van der Waals surface area contributed by atoms with Crippen molar-refractivity contribution >= 4 is 5.91 Å². The van der Waals surface area contributed by atoms with Gasteiger partial charge in [0, 0.05) is 6.54 Å². The third-order valence-electron chi connectivity index (χ3n) is 5.74. The summed E-state index contributed by atoms with van der Waals surface area (Å²) < 4.78 is 5.22. The Kier molecular flexibility index (Phi) is 7.49. The molecule has 0 atom stereocenters. The zero-order valence-corrected chi connectivity index (χ0v) is 17.1. The molecular weight excluding hydrogens is 348 g/mol. The quantitative estimate of drug-likeness (QED) is 0.761. The van der Waals surface area contributed by atoms with Crippen molar-refractivity contribution in [3.05, 3.63) is 65.2 Å². The first-order valence-electron chi connectivity index (χ1n) is 10.3. The number of amides is 1. The van der Waals surface area contributed by atoms with E-state index in [4.69, 9.17) is 4.74 Å². The molecule has 1 fully saturated rings. The highest BCUT2D eigenvalue weighted by molar-refractivity contribution is 5.78. The van der Waals surface area contributed by atoms with Crippen LogP contribution in [0, 0.1) is 12.8 Å². The molecule has 0 aliphatic carbocycles. The number of benzene rings is 2. The minimum atomic E-state index is 0.141. The van der Waals surface area contributed by atoms with E-state index in [0.717, 1.165) is 44.5 Å². The zero-order chi connectivity index (χ0) is 19.8. The van der Waals surface area contributed by atoms with E-state index in [-0.39, 0.29) is 5.91 Å². The number of carbonyl (C=O) groups excluding carboxylic acids is 1. The van der Waals surface area contributed by atoms with Crippen LogP contribution in [0.25, 0.3) is 0 Å². The lowest BCUT2D eigenvalue weighted by Crippen LogP contribution is -2.42. The average molecular weight is 381 g/mol. The highest BCUT2D eigenvalue weighted by atomic mass is 16.5. The highest BCUT2D eigenvalue weighted by Crippen LogP contribution is 2.22. The maximum absolute atomic E-state index is 12.3. The Balaban J connectivity index is 1.34. The molecule has 1 saturated heterocycles. The molecule has 0 saturated carbocycles. The average Bonchev–Trinajstić information content (AvgIpc) is 2.71. The molecule has 1 amide bonds. The van der Waals surface area contributed by atoms with E-state index in [0.29, 0.717) is 19.0 Å². The van der Waals surface area contributed by atoms with Crippen LogP contribution in [0.1, 0.15) is 29.5 Å². The number of methoxy groups -OCH3 is 1. The minimum Gasteiger partial charge on any atom is -0.497 e. The Morgan fingerprint density at radius 2 is 1.82 bits per heavy atom. The van der Waals surface area contributed by atoms with Crippen molar-refractivity contribution in [3.63, 3.8) is 0 Å². The van der Waals surface area contributed by atoms with Gasteiger partial charge in [0.25, 0.3) is 0 Å². The summed E-state index contributed by atoms with van der Waals surface area (Å²) in [6.45, 7) is 5.35. The van der Waals surface area contributed by atoms with E-state index in [1.165, 1.54) is 16.7 Å². The molecular formula is C24H32N2O2.